The zero-order valence-corrected chi connectivity index (χ0v) is 14.6. The monoisotopic (exact) mass is 349 g/mol. The Morgan fingerprint density at radius 3 is 2.32 bits per heavy atom. The van der Waals surface area contributed by atoms with Crippen molar-refractivity contribution in [2.75, 3.05) is 10.6 Å². The lowest BCUT2D eigenvalue weighted by atomic mass is 10.1. The van der Waals surface area contributed by atoms with Crippen LogP contribution in [0.2, 0.25) is 0 Å². The summed E-state index contributed by atoms with van der Waals surface area (Å²) in [7, 11) is 0. The number of hydrogen-bond donors (Lipinski definition) is 3. The van der Waals surface area contributed by atoms with Crippen molar-refractivity contribution in [3.63, 3.8) is 0 Å². The lowest BCUT2D eigenvalue weighted by molar-refractivity contribution is 0.102. The second-order valence-corrected chi connectivity index (χ2v) is 6.13. The molecule has 2 aromatic carbocycles. The van der Waals surface area contributed by atoms with E-state index in [2.05, 4.69) is 34.7 Å². The fraction of sp³-hybridized carbons (Fsp3) is 0.100. The molecule has 1 amide bonds. The molecule has 5 heteroatoms. The standard InChI is InChI=1S/C20H19N3OS/c1-14(15-6-3-2-4-7-15)22-16-9-11-17(12-10-16)23-19(24)18-8-5-13-21-20(18)25/h2-14,22H,1H3,(H,21,25)(H,23,24)/t14-/m0/s1. The molecule has 25 heavy (non-hydrogen) atoms. The highest BCUT2D eigenvalue weighted by atomic mass is 32.1. The van der Waals surface area contributed by atoms with Crippen molar-refractivity contribution in [2.24, 2.45) is 0 Å². The number of nitrogens with one attached hydrogen (secondary N) is 3. The van der Waals surface area contributed by atoms with Gasteiger partial charge in [-0.3, -0.25) is 4.79 Å². The predicted octanol–water partition coefficient (Wildman–Crippen LogP) is 5.17. The molecule has 0 aliphatic rings. The molecule has 1 heterocycles. The van der Waals surface area contributed by atoms with Crippen LogP contribution in [0.4, 0.5) is 11.4 Å². The van der Waals surface area contributed by atoms with Gasteiger partial charge >= 0.3 is 0 Å². The van der Waals surface area contributed by atoms with Gasteiger partial charge in [0.05, 0.1) is 5.56 Å². The van der Waals surface area contributed by atoms with Crippen molar-refractivity contribution in [3.8, 4) is 0 Å². The zero-order valence-electron chi connectivity index (χ0n) is 13.8. The Morgan fingerprint density at radius 2 is 1.64 bits per heavy atom. The molecule has 0 fully saturated rings. The third-order valence-corrected chi connectivity index (χ3v) is 4.23. The van der Waals surface area contributed by atoms with Crippen LogP contribution < -0.4 is 10.6 Å². The molecule has 0 saturated carbocycles. The highest BCUT2D eigenvalue weighted by Gasteiger charge is 2.08. The Bertz CT molecular complexity index is 904. The van der Waals surface area contributed by atoms with Gasteiger partial charge in [0, 0.05) is 23.6 Å². The Morgan fingerprint density at radius 1 is 0.960 bits per heavy atom. The molecule has 3 aromatic rings. The quantitative estimate of drug-likeness (QED) is 0.557. The number of carbonyl (C=O) groups excluding carboxylic acids is 1. The van der Waals surface area contributed by atoms with Crippen LogP contribution in [0.15, 0.2) is 72.9 Å². The lowest BCUT2D eigenvalue weighted by Crippen LogP contribution is -2.13. The molecular formula is C20H19N3OS. The van der Waals surface area contributed by atoms with E-state index in [0.717, 1.165) is 11.4 Å². The van der Waals surface area contributed by atoms with Gasteiger partial charge in [0.1, 0.15) is 4.64 Å². The third kappa shape index (κ3) is 4.33. The van der Waals surface area contributed by atoms with Crippen LogP contribution in [0, 0.1) is 4.64 Å². The van der Waals surface area contributed by atoms with E-state index in [1.54, 1.807) is 18.3 Å². The first-order chi connectivity index (χ1) is 12.1. The number of hydrogen-bond acceptors (Lipinski definition) is 3. The van der Waals surface area contributed by atoms with E-state index >= 15 is 0 Å². The maximum absolute atomic E-state index is 12.3. The van der Waals surface area contributed by atoms with Gasteiger partial charge in [0.15, 0.2) is 0 Å². The molecule has 1 aromatic heterocycles. The van der Waals surface area contributed by atoms with Gasteiger partial charge in [0.25, 0.3) is 5.91 Å². The van der Waals surface area contributed by atoms with Crippen molar-refractivity contribution in [1.29, 1.82) is 0 Å². The first-order valence-electron chi connectivity index (χ1n) is 8.04. The van der Waals surface area contributed by atoms with E-state index in [9.17, 15) is 4.79 Å². The molecule has 0 aliphatic carbocycles. The largest absolute Gasteiger partial charge is 0.379 e. The van der Waals surface area contributed by atoms with Gasteiger partial charge in [-0.1, -0.05) is 42.5 Å². The van der Waals surface area contributed by atoms with E-state index in [0.29, 0.717) is 10.2 Å². The van der Waals surface area contributed by atoms with Gasteiger partial charge in [-0.15, -0.1) is 0 Å². The zero-order chi connectivity index (χ0) is 17.6. The number of H-pyrrole nitrogens is 1. The molecule has 0 saturated heterocycles. The Hall–Kier alpha value is -2.92. The number of anilines is 2. The van der Waals surface area contributed by atoms with Crippen molar-refractivity contribution in [3.05, 3.63) is 88.7 Å². The molecule has 4 nitrogen and oxygen atoms in total. The molecule has 3 N–H and O–H groups in total. The van der Waals surface area contributed by atoms with Crippen LogP contribution in [-0.4, -0.2) is 10.9 Å². The Kier molecular flexibility index (Phi) is 5.26. The fourth-order valence-corrected chi connectivity index (χ4v) is 2.75. The Labute approximate surface area is 151 Å². The topological polar surface area (TPSA) is 56.9 Å². The van der Waals surface area contributed by atoms with Gasteiger partial charge in [-0.05, 0) is 48.9 Å². The molecule has 0 spiro atoms. The third-order valence-electron chi connectivity index (χ3n) is 3.89. The maximum atomic E-state index is 12.3. The fourth-order valence-electron chi connectivity index (χ4n) is 2.52. The van der Waals surface area contributed by atoms with E-state index in [4.69, 9.17) is 12.2 Å². The normalized spacial score (nSPS) is 11.6. The highest BCUT2D eigenvalue weighted by molar-refractivity contribution is 7.71. The van der Waals surface area contributed by atoms with Crippen LogP contribution >= 0.6 is 12.2 Å². The van der Waals surface area contributed by atoms with Gasteiger partial charge in [-0.2, -0.15) is 0 Å². The average molecular weight is 349 g/mol. The van der Waals surface area contributed by atoms with Crippen LogP contribution in [0.3, 0.4) is 0 Å². The van der Waals surface area contributed by atoms with Gasteiger partial charge in [0.2, 0.25) is 0 Å². The molecule has 126 valence electrons. The minimum Gasteiger partial charge on any atom is -0.379 e. The molecular weight excluding hydrogens is 330 g/mol. The average Bonchev–Trinajstić information content (AvgIpc) is 2.64. The van der Waals surface area contributed by atoms with Gasteiger partial charge in [-0.25, -0.2) is 0 Å². The summed E-state index contributed by atoms with van der Waals surface area (Å²) in [5, 5.41) is 6.30. The Balaban J connectivity index is 1.65. The summed E-state index contributed by atoms with van der Waals surface area (Å²) < 4.78 is 0.426. The summed E-state index contributed by atoms with van der Waals surface area (Å²) in [5.74, 6) is -0.222. The molecule has 0 unspecified atom stereocenters. The van der Waals surface area contributed by atoms with E-state index in [-0.39, 0.29) is 11.9 Å². The van der Waals surface area contributed by atoms with Crippen LogP contribution in [0.5, 0.6) is 0 Å². The van der Waals surface area contributed by atoms with Crippen LogP contribution in [0.1, 0.15) is 28.9 Å². The van der Waals surface area contributed by atoms with Gasteiger partial charge < -0.3 is 15.6 Å². The first kappa shape index (κ1) is 16.9. The predicted molar refractivity (Wildman–Crippen MR) is 105 cm³/mol. The maximum Gasteiger partial charge on any atom is 0.258 e. The second-order valence-electron chi connectivity index (χ2n) is 5.72. The van der Waals surface area contributed by atoms with Crippen molar-refractivity contribution in [2.45, 2.75) is 13.0 Å². The molecule has 1 atom stereocenters. The summed E-state index contributed by atoms with van der Waals surface area (Å²) in [4.78, 5) is 15.1. The number of amides is 1. The highest BCUT2D eigenvalue weighted by Crippen LogP contribution is 2.21. The van der Waals surface area contributed by atoms with Crippen molar-refractivity contribution < 1.29 is 4.79 Å². The van der Waals surface area contributed by atoms with Crippen LogP contribution in [0.25, 0.3) is 0 Å². The van der Waals surface area contributed by atoms with Crippen LogP contribution in [-0.2, 0) is 0 Å². The smallest absolute Gasteiger partial charge is 0.258 e. The summed E-state index contributed by atoms with van der Waals surface area (Å²) in [6.07, 6.45) is 1.70. The van der Waals surface area contributed by atoms with E-state index < -0.39 is 0 Å². The molecule has 0 bridgehead atoms. The summed E-state index contributed by atoms with van der Waals surface area (Å²) >= 11 is 5.13. The minimum absolute atomic E-state index is 0.198. The second kappa shape index (κ2) is 7.77. The number of aromatic nitrogens is 1. The number of carbonyl (C=O) groups is 1. The number of aromatic amines is 1. The molecule has 0 radical (unpaired) electrons. The van der Waals surface area contributed by atoms with E-state index in [1.165, 1.54) is 5.56 Å². The summed E-state index contributed by atoms with van der Waals surface area (Å²) in [6, 6.07) is 21.5. The van der Waals surface area contributed by atoms with Crippen molar-refractivity contribution >= 4 is 29.5 Å². The number of benzene rings is 2. The number of pyridine rings is 1. The molecule has 0 aliphatic heterocycles. The SMILES string of the molecule is C[C@H](Nc1ccc(NC(=O)c2ccc[nH]c2=S)cc1)c1ccccc1. The minimum atomic E-state index is -0.222. The lowest BCUT2D eigenvalue weighted by Gasteiger charge is -2.16. The van der Waals surface area contributed by atoms with E-state index in [1.807, 2.05) is 42.5 Å². The summed E-state index contributed by atoms with van der Waals surface area (Å²) in [6.45, 7) is 2.11. The molecule has 3 rings (SSSR count). The number of rotatable bonds is 5. The first-order valence-corrected chi connectivity index (χ1v) is 8.45. The van der Waals surface area contributed by atoms with Crippen molar-refractivity contribution in [1.82, 2.24) is 4.98 Å². The summed E-state index contributed by atoms with van der Waals surface area (Å²) in [5.41, 5.74) is 3.39.